The van der Waals surface area contributed by atoms with Gasteiger partial charge in [-0.25, -0.2) is 0 Å². The number of hydrogen-bond donors (Lipinski definition) is 1. The van der Waals surface area contributed by atoms with Crippen LogP contribution in [0.2, 0.25) is 0 Å². The van der Waals surface area contributed by atoms with Crippen molar-refractivity contribution in [3.63, 3.8) is 0 Å². The average Bonchev–Trinajstić information content (AvgIpc) is 2.53. The van der Waals surface area contributed by atoms with Crippen molar-refractivity contribution in [3.8, 4) is 0 Å². The zero-order valence-electron chi connectivity index (χ0n) is 15.2. The van der Waals surface area contributed by atoms with Crippen molar-refractivity contribution in [3.05, 3.63) is 0 Å². The van der Waals surface area contributed by atoms with Gasteiger partial charge >= 0.3 is 0 Å². The van der Waals surface area contributed by atoms with Crippen molar-refractivity contribution in [2.75, 3.05) is 6.54 Å². The minimum absolute atomic E-state index is 0.460. The molecule has 3 aliphatic rings. The molecule has 0 amide bonds. The highest BCUT2D eigenvalue weighted by Crippen LogP contribution is 2.37. The van der Waals surface area contributed by atoms with Crippen LogP contribution in [0.4, 0.5) is 0 Å². The molecular weight excluding hydrogens is 268 g/mol. The average molecular weight is 309 g/mol. The summed E-state index contributed by atoms with van der Waals surface area (Å²) in [6.45, 7) is 5.97. The molecule has 2 heteroatoms. The van der Waals surface area contributed by atoms with E-state index in [2.05, 4.69) is 18.7 Å². The predicted molar refractivity (Wildman–Crippen MR) is 97.1 cm³/mol. The van der Waals surface area contributed by atoms with Crippen LogP contribution in [0, 0.1) is 5.92 Å². The first-order chi connectivity index (χ1) is 10.8. The van der Waals surface area contributed by atoms with Crippen molar-refractivity contribution in [2.24, 2.45) is 11.7 Å². The quantitative estimate of drug-likeness (QED) is 0.538. The Labute approximate surface area is 139 Å². The Bertz CT molecular complexity index is 291. The summed E-state index contributed by atoms with van der Waals surface area (Å²) >= 11 is 0. The maximum absolute atomic E-state index is 6.46. The van der Waals surface area contributed by atoms with Gasteiger partial charge in [0.2, 0.25) is 0 Å². The summed E-state index contributed by atoms with van der Waals surface area (Å²) < 4.78 is 0. The Hall–Kier alpha value is -0.0800. The molecule has 0 aromatic rings. The summed E-state index contributed by atoms with van der Waals surface area (Å²) in [4.78, 5) is 2.86. The summed E-state index contributed by atoms with van der Waals surface area (Å²) in [6.07, 6.45) is 18.2. The molecule has 2 nitrogen and oxygen atoms in total. The standard InChI is InChI=1S/C20H40N2/c1-3-5-7-8-10-12-18(11-9-6-4-2)22-16-17-13-14-20(22)19(21)15-17/h17-20H,3-16,21H2,1-2H3/t17-,18?,19+,20+/m1/s1. The number of fused-ring (bicyclic) bond motifs is 3. The van der Waals surface area contributed by atoms with Gasteiger partial charge in [0.1, 0.15) is 0 Å². The van der Waals surface area contributed by atoms with E-state index in [1.54, 1.807) is 0 Å². The minimum Gasteiger partial charge on any atom is -0.326 e. The van der Waals surface area contributed by atoms with Crippen LogP contribution in [0.25, 0.3) is 0 Å². The van der Waals surface area contributed by atoms with Crippen molar-refractivity contribution < 1.29 is 0 Å². The van der Waals surface area contributed by atoms with E-state index in [4.69, 9.17) is 5.73 Å². The molecule has 0 aromatic heterocycles. The predicted octanol–water partition coefficient (Wildman–Crippen LogP) is 5.11. The molecule has 1 unspecified atom stereocenters. The molecule has 4 atom stereocenters. The van der Waals surface area contributed by atoms with Crippen LogP contribution >= 0.6 is 0 Å². The number of hydrogen-bond acceptors (Lipinski definition) is 2. The van der Waals surface area contributed by atoms with Crippen molar-refractivity contribution in [2.45, 2.75) is 115 Å². The van der Waals surface area contributed by atoms with Gasteiger partial charge in [0, 0.05) is 24.7 Å². The van der Waals surface area contributed by atoms with Gasteiger partial charge in [0.25, 0.3) is 0 Å². The Morgan fingerprint density at radius 1 is 0.909 bits per heavy atom. The Balaban J connectivity index is 1.83. The number of rotatable bonds is 11. The first-order valence-electron chi connectivity index (χ1n) is 10.3. The number of unbranched alkanes of at least 4 members (excludes halogenated alkanes) is 6. The Morgan fingerprint density at radius 3 is 2.18 bits per heavy atom. The van der Waals surface area contributed by atoms with Crippen LogP contribution in [0.3, 0.4) is 0 Å². The van der Waals surface area contributed by atoms with Crippen molar-refractivity contribution in [1.82, 2.24) is 4.90 Å². The van der Waals surface area contributed by atoms with E-state index in [-0.39, 0.29) is 0 Å². The monoisotopic (exact) mass is 308 g/mol. The highest BCUT2D eigenvalue weighted by molar-refractivity contribution is 4.98. The lowest BCUT2D eigenvalue weighted by molar-refractivity contribution is -0.00685. The fourth-order valence-electron chi connectivity index (χ4n) is 4.80. The molecule has 2 heterocycles. The molecule has 2 aliphatic heterocycles. The normalized spacial score (nSPS) is 29.9. The van der Waals surface area contributed by atoms with E-state index in [1.807, 2.05) is 0 Å². The summed E-state index contributed by atoms with van der Waals surface area (Å²) in [7, 11) is 0. The summed E-state index contributed by atoms with van der Waals surface area (Å²) in [5, 5.41) is 0. The second-order valence-electron chi connectivity index (χ2n) is 7.96. The first kappa shape index (κ1) is 18.3. The maximum Gasteiger partial charge on any atom is 0.0250 e. The Morgan fingerprint density at radius 2 is 1.55 bits per heavy atom. The smallest absolute Gasteiger partial charge is 0.0250 e. The molecule has 3 rings (SSSR count). The van der Waals surface area contributed by atoms with E-state index in [9.17, 15) is 0 Å². The fraction of sp³-hybridized carbons (Fsp3) is 1.00. The van der Waals surface area contributed by atoms with Gasteiger partial charge < -0.3 is 5.73 Å². The number of nitrogens with two attached hydrogens (primary N) is 1. The first-order valence-corrected chi connectivity index (χ1v) is 10.3. The number of nitrogens with zero attached hydrogens (tertiary/aromatic N) is 1. The molecule has 130 valence electrons. The summed E-state index contributed by atoms with van der Waals surface area (Å²) in [6, 6.07) is 1.99. The lowest BCUT2D eigenvalue weighted by atomic mass is 9.75. The highest BCUT2D eigenvalue weighted by atomic mass is 15.2. The summed E-state index contributed by atoms with van der Waals surface area (Å²) in [5.41, 5.74) is 6.46. The van der Waals surface area contributed by atoms with Gasteiger partial charge in [-0.3, -0.25) is 4.90 Å². The zero-order chi connectivity index (χ0) is 15.8. The molecule has 3 fully saturated rings. The summed E-state index contributed by atoms with van der Waals surface area (Å²) in [5.74, 6) is 0.897. The highest BCUT2D eigenvalue weighted by Gasteiger charge is 2.41. The molecule has 1 aliphatic carbocycles. The van der Waals surface area contributed by atoms with Crippen LogP contribution in [0.1, 0.15) is 97.3 Å². The van der Waals surface area contributed by atoms with Crippen molar-refractivity contribution >= 4 is 0 Å². The molecule has 0 aromatic carbocycles. The van der Waals surface area contributed by atoms with Crippen LogP contribution < -0.4 is 5.73 Å². The van der Waals surface area contributed by atoms with Gasteiger partial charge in [0.15, 0.2) is 0 Å². The topological polar surface area (TPSA) is 29.3 Å². The molecule has 2 N–H and O–H groups in total. The van der Waals surface area contributed by atoms with E-state index in [1.165, 1.54) is 90.0 Å². The third-order valence-electron chi connectivity index (χ3n) is 6.12. The van der Waals surface area contributed by atoms with Gasteiger partial charge in [0.05, 0.1) is 0 Å². The van der Waals surface area contributed by atoms with Crippen LogP contribution in [0.5, 0.6) is 0 Å². The second kappa shape index (κ2) is 9.93. The SMILES string of the molecule is CCCCCCCC(CCCCC)N1C[C@@H]2CC[C@H]1[C@@H](N)C2. The maximum atomic E-state index is 6.46. The van der Waals surface area contributed by atoms with E-state index in [0.29, 0.717) is 12.1 Å². The zero-order valence-corrected chi connectivity index (χ0v) is 15.2. The van der Waals surface area contributed by atoms with Crippen LogP contribution in [0.15, 0.2) is 0 Å². The molecule has 0 spiro atoms. The van der Waals surface area contributed by atoms with E-state index < -0.39 is 0 Å². The third kappa shape index (κ3) is 5.23. The molecular formula is C20H40N2. The van der Waals surface area contributed by atoms with Crippen LogP contribution in [-0.4, -0.2) is 29.6 Å². The molecule has 22 heavy (non-hydrogen) atoms. The second-order valence-corrected chi connectivity index (χ2v) is 7.96. The van der Waals surface area contributed by atoms with Gasteiger partial charge in [-0.05, 0) is 38.0 Å². The van der Waals surface area contributed by atoms with Gasteiger partial charge in [-0.2, -0.15) is 0 Å². The number of piperidine rings is 2. The molecule has 1 saturated carbocycles. The molecule has 2 saturated heterocycles. The molecule has 2 bridgehead atoms. The van der Waals surface area contributed by atoms with Crippen LogP contribution in [-0.2, 0) is 0 Å². The lowest BCUT2D eigenvalue weighted by Gasteiger charge is -2.52. The minimum atomic E-state index is 0.460. The van der Waals surface area contributed by atoms with Crippen molar-refractivity contribution in [1.29, 1.82) is 0 Å². The van der Waals surface area contributed by atoms with E-state index >= 15 is 0 Å². The Kier molecular flexibility index (Phi) is 8.24. The van der Waals surface area contributed by atoms with E-state index in [0.717, 1.165) is 12.0 Å². The third-order valence-corrected chi connectivity index (χ3v) is 6.12. The largest absolute Gasteiger partial charge is 0.326 e. The van der Waals surface area contributed by atoms with Gasteiger partial charge in [-0.15, -0.1) is 0 Å². The van der Waals surface area contributed by atoms with Gasteiger partial charge in [-0.1, -0.05) is 65.2 Å². The lowest BCUT2D eigenvalue weighted by Crippen LogP contribution is -2.61. The molecule has 0 radical (unpaired) electrons. The fourth-order valence-corrected chi connectivity index (χ4v) is 4.80.